The van der Waals surface area contributed by atoms with Crippen LogP contribution in [0.15, 0.2) is 24.3 Å². The summed E-state index contributed by atoms with van der Waals surface area (Å²) in [6.07, 6.45) is 0.922. The van der Waals surface area contributed by atoms with Gasteiger partial charge < -0.3 is 10.1 Å². The van der Waals surface area contributed by atoms with Gasteiger partial charge in [0, 0.05) is 24.2 Å². The first-order valence-electron chi connectivity index (χ1n) is 7.44. The number of fused-ring (bicyclic) bond motifs is 1. The number of aryl methyl sites for hydroxylation is 1. The standard InChI is InChI=1S/C17H21FN2O2/c1-11(2)22-8-4-7-19-17(21)15-9-12(3)20-16-6-5-13(18)10-14(15)16/h5-6,9-11H,4,7-8H2,1-3H3,(H,19,21). The molecule has 0 aliphatic carbocycles. The Hall–Kier alpha value is -2.01. The first-order chi connectivity index (χ1) is 10.5. The SMILES string of the molecule is Cc1cc(C(=O)NCCCOC(C)C)c2cc(F)ccc2n1. The minimum absolute atomic E-state index is 0.186. The molecule has 22 heavy (non-hydrogen) atoms. The number of ether oxygens (including phenoxy) is 1. The van der Waals surface area contributed by atoms with Crippen LogP contribution in [0, 0.1) is 12.7 Å². The average molecular weight is 304 g/mol. The predicted molar refractivity (Wildman–Crippen MR) is 84.5 cm³/mol. The molecule has 4 nitrogen and oxygen atoms in total. The lowest BCUT2D eigenvalue weighted by molar-refractivity contribution is 0.0757. The Labute approximate surface area is 129 Å². The zero-order valence-corrected chi connectivity index (χ0v) is 13.1. The van der Waals surface area contributed by atoms with Crippen molar-refractivity contribution >= 4 is 16.8 Å². The lowest BCUT2D eigenvalue weighted by Gasteiger charge is -2.10. The molecule has 0 bridgehead atoms. The summed E-state index contributed by atoms with van der Waals surface area (Å²) < 4.78 is 18.9. The lowest BCUT2D eigenvalue weighted by Crippen LogP contribution is -2.26. The Morgan fingerprint density at radius 3 is 2.86 bits per heavy atom. The fraction of sp³-hybridized carbons (Fsp3) is 0.412. The summed E-state index contributed by atoms with van der Waals surface area (Å²) in [6.45, 7) is 6.88. The Morgan fingerprint density at radius 2 is 2.14 bits per heavy atom. The smallest absolute Gasteiger partial charge is 0.252 e. The molecule has 0 spiro atoms. The summed E-state index contributed by atoms with van der Waals surface area (Å²) in [5, 5.41) is 3.37. The van der Waals surface area contributed by atoms with Crippen LogP contribution in [0.25, 0.3) is 10.9 Å². The number of nitrogens with one attached hydrogen (secondary N) is 1. The van der Waals surface area contributed by atoms with Crippen molar-refractivity contribution in [1.82, 2.24) is 10.3 Å². The predicted octanol–water partition coefficient (Wildman–Crippen LogP) is 3.23. The molecular weight excluding hydrogens is 283 g/mol. The van der Waals surface area contributed by atoms with Crippen molar-refractivity contribution in [2.75, 3.05) is 13.2 Å². The van der Waals surface area contributed by atoms with Gasteiger partial charge in [-0.15, -0.1) is 0 Å². The van der Waals surface area contributed by atoms with Crippen LogP contribution >= 0.6 is 0 Å². The monoisotopic (exact) mass is 304 g/mol. The molecule has 0 radical (unpaired) electrons. The van der Waals surface area contributed by atoms with Crippen LogP contribution in [0.5, 0.6) is 0 Å². The van der Waals surface area contributed by atoms with E-state index < -0.39 is 0 Å². The van der Waals surface area contributed by atoms with Crippen molar-refractivity contribution in [2.24, 2.45) is 0 Å². The summed E-state index contributed by atoms with van der Waals surface area (Å²) in [4.78, 5) is 16.6. The van der Waals surface area contributed by atoms with E-state index >= 15 is 0 Å². The number of hydrogen-bond acceptors (Lipinski definition) is 3. The summed E-state index contributed by atoms with van der Waals surface area (Å²) in [5.74, 6) is -0.594. The first-order valence-corrected chi connectivity index (χ1v) is 7.44. The highest BCUT2D eigenvalue weighted by molar-refractivity contribution is 6.06. The molecule has 1 aromatic carbocycles. The summed E-state index contributed by atoms with van der Waals surface area (Å²) >= 11 is 0. The molecule has 0 saturated heterocycles. The highest BCUT2D eigenvalue weighted by atomic mass is 19.1. The Bertz CT molecular complexity index is 671. The third-order valence-electron chi connectivity index (χ3n) is 3.20. The van der Waals surface area contributed by atoms with E-state index in [0.717, 1.165) is 12.1 Å². The van der Waals surface area contributed by atoms with E-state index in [1.807, 2.05) is 20.8 Å². The molecule has 1 N–H and O–H groups in total. The van der Waals surface area contributed by atoms with Crippen LogP contribution in [0.3, 0.4) is 0 Å². The van der Waals surface area contributed by atoms with Gasteiger partial charge >= 0.3 is 0 Å². The third-order valence-corrected chi connectivity index (χ3v) is 3.20. The van der Waals surface area contributed by atoms with Gasteiger partial charge in [0.1, 0.15) is 5.82 Å². The Balaban J connectivity index is 2.09. The first kappa shape index (κ1) is 16.4. The lowest BCUT2D eigenvalue weighted by atomic mass is 10.1. The molecule has 1 amide bonds. The number of carbonyl (C=O) groups is 1. The van der Waals surface area contributed by atoms with Crippen LogP contribution in [-0.2, 0) is 4.74 Å². The molecule has 5 heteroatoms. The molecule has 0 atom stereocenters. The molecule has 0 unspecified atom stereocenters. The highest BCUT2D eigenvalue weighted by Gasteiger charge is 2.12. The fourth-order valence-corrected chi connectivity index (χ4v) is 2.21. The second-order valence-electron chi connectivity index (χ2n) is 5.50. The van der Waals surface area contributed by atoms with Gasteiger partial charge in [-0.1, -0.05) is 0 Å². The van der Waals surface area contributed by atoms with Gasteiger partial charge in [-0.3, -0.25) is 9.78 Å². The Kier molecular flexibility index (Phi) is 5.44. The van der Waals surface area contributed by atoms with E-state index in [-0.39, 0.29) is 17.8 Å². The minimum atomic E-state index is -0.377. The minimum Gasteiger partial charge on any atom is -0.379 e. The number of hydrogen-bond donors (Lipinski definition) is 1. The zero-order valence-electron chi connectivity index (χ0n) is 13.1. The van der Waals surface area contributed by atoms with Gasteiger partial charge in [-0.05, 0) is 51.5 Å². The second-order valence-corrected chi connectivity index (χ2v) is 5.50. The summed E-state index contributed by atoms with van der Waals surface area (Å²) in [5.41, 5.74) is 1.80. The molecule has 1 heterocycles. The van der Waals surface area contributed by atoms with E-state index in [9.17, 15) is 9.18 Å². The number of nitrogens with zero attached hydrogens (tertiary/aromatic N) is 1. The topological polar surface area (TPSA) is 51.2 Å². The number of pyridine rings is 1. The van der Waals surface area contributed by atoms with Crippen molar-refractivity contribution in [3.05, 3.63) is 41.3 Å². The van der Waals surface area contributed by atoms with Crippen molar-refractivity contribution < 1.29 is 13.9 Å². The van der Waals surface area contributed by atoms with Gasteiger partial charge in [0.25, 0.3) is 5.91 Å². The van der Waals surface area contributed by atoms with Crippen LogP contribution < -0.4 is 5.32 Å². The van der Waals surface area contributed by atoms with Crippen molar-refractivity contribution in [1.29, 1.82) is 0 Å². The van der Waals surface area contributed by atoms with Crippen LogP contribution in [0.4, 0.5) is 4.39 Å². The maximum absolute atomic E-state index is 13.4. The molecule has 0 saturated carbocycles. The molecule has 2 aromatic rings. The number of rotatable bonds is 6. The number of aromatic nitrogens is 1. The third kappa shape index (κ3) is 4.24. The summed E-state index contributed by atoms with van der Waals surface area (Å²) in [6, 6.07) is 5.96. The van der Waals surface area contributed by atoms with Gasteiger partial charge in [0.2, 0.25) is 0 Å². The zero-order chi connectivity index (χ0) is 16.1. The van der Waals surface area contributed by atoms with E-state index in [0.29, 0.717) is 29.6 Å². The normalized spacial score (nSPS) is 11.1. The van der Waals surface area contributed by atoms with Crippen LogP contribution in [0.2, 0.25) is 0 Å². The number of halogens is 1. The number of amides is 1. The summed E-state index contributed by atoms with van der Waals surface area (Å²) in [7, 11) is 0. The van der Waals surface area contributed by atoms with Gasteiger partial charge in [0.15, 0.2) is 0 Å². The quantitative estimate of drug-likeness (QED) is 0.834. The number of benzene rings is 1. The fourth-order valence-electron chi connectivity index (χ4n) is 2.21. The van der Waals surface area contributed by atoms with Crippen molar-refractivity contribution in [3.8, 4) is 0 Å². The average Bonchev–Trinajstić information content (AvgIpc) is 2.46. The van der Waals surface area contributed by atoms with Crippen LogP contribution in [0.1, 0.15) is 36.3 Å². The van der Waals surface area contributed by atoms with Crippen molar-refractivity contribution in [3.63, 3.8) is 0 Å². The molecular formula is C17H21FN2O2. The number of carbonyl (C=O) groups excluding carboxylic acids is 1. The van der Waals surface area contributed by atoms with E-state index in [2.05, 4.69) is 10.3 Å². The highest BCUT2D eigenvalue weighted by Crippen LogP contribution is 2.19. The Morgan fingerprint density at radius 1 is 1.36 bits per heavy atom. The molecule has 0 aliphatic heterocycles. The van der Waals surface area contributed by atoms with Gasteiger partial charge in [-0.25, -0.2) is 4.39 Å². The van der Waals surface area contributed by atoms with Gasteiger partial charge in [-0.2, -0.15) is 0 Å². The van der Waals surface area contributed by atoms with Crippen molar-refractivity contribution in [2.45, 2.75) is 33.3 Å². The molecule has 0 fully saturated rings. The molecule has 118 valence electrons. The van der Waals surface area contributed by atoms with E-state index in [1.165, 1.54) is 12.1 Å². The molecule has 2 rings (SSSR count). The molecule has 1 aromatic heterocycles. The largest absolute Gasteiger partial charge is 0.379 e. The molecule has 0 aliphatic rings. The van der Waals surface area contributed by atoms with Crippen LogP contribution in [-0.4, -0.2) is 30.1 Å². The van der Waals surface area contributed by atoms with Gasteiger partial charge in [0.05, 0.1) is 17.2 Å². The van der Waals surface area contributed by atoms with E-state index in [1.54, 1.807) is 12.1 Å². The maximum Gasteiger partial charge on any atom is 0.252 e. The second kappa shape index (κ2) is 7.31. The van der Waals surface area contributed by atoms with E-state index in [4.69, 9.17) is 4.74 Å². The maximum atomic E-state index is 13.4.